The Bertz CT molecular complexity index is 1450. The number of hydrogen-bond donors (Lipinski definition) is 2. The van der Waals surface area contributed by atoms with Crippen LogP contribution in [0.4, 0.5) is 23.5 Å². The molecule has 1 amide bonds. The van der Waals surface area contributed by atoms with E-state index in [2.05, 4.69) is 25.5 Å². The first-order valence-corrected chi connectivity index (χ1v) is 12.9. The molecule has 5 rings (SSSR count). The maximum Gasteiger partial charge on any atom is 0.295 e. The smallest absolute Gasteiger partial charge is 0.295 e. The minimum Gasteiger partial charge on any atom is -0.497 e. The van der Waals surface area contributed by atoms with E-state index < -0.39 is 0 Å². The fourth-order valence-corrected chi connectivity index (χ4v) is 4.49. The molecule has 3 aromatic heterocycles. The van der Waals surface area contributed by atoms with Crippen molar-refractivity contribution in [1.82, 2.24) is 24.8 Å². The summed E-state index contributed by atoms with van der Waals surface area (Å²) in [6.45, 7) is 9.18. The number of carbonyl (C=O) groups is 1. The number of carbonyl (C=O) groups excluding carboxylic acids is 1. The quantitative estimate of drug-likeness (QED) is 0.341. The number of rotatable bonds is 8. The lowest BCUT2D eigenvalue weighted by molar-refractivity contribution is -0.129. The Morgan fingerprint density at radius 1 is 1.08 bits per heavy atom. The molecule has 4 heterocycles. The van der Waals surface area contributed by atoms with Crippen LogP contribution in [0.3, 0.4) is 0 Å². The molecule has 39 heavy (non-hydrogen) atoms. The highest BCUT2D eigenvalue weighted by Crippen LogP contribution is 2.36. The number of anilines is 4. The van der Waals surface area contributed by atoms with E-state index in [0.29, 0.717) is 48.7 Å². The second-order valence-corrected chi connectivity index (χ2v) is 9.25. The van der Waals surface area contributed by atoms with Gasteiger partial charge in [-0.1, -0.05) is 0 Å². The molecule has 0 saturated carbocycles. The van der Waals surface area contributed by atoms with Gasteiger partial charge in [-0.25, -0.2) is 15.0 Å². The molecule has 1 saturated heterocycles. The summed E-state index contributed by atoms with van der Waals surface area (Å²) >= 11 is 0. The topological polar surface area (TPSA) is 122 Å². The van der Waals surface area contributed by atoms with Crippen LogP contribution in [0.15, 0.2) is 53.2 Å². The monoisotopic (exact) mass is 528 g/mol. The Balaban J connectivity index is 1.37. The van der Waals surface area contributed by atoms with E-state index in [0.717, 1.165) is 41.5 Å². The van der Waals surface area contributed by atoms with Gasteiger partial charge in [0.15, 0.2) is 5.76 Å². The minimum absolute atomic E-state index is 0.110. The minimum atomic E-state index is 0.110. The van der Waals surface area contributed by atoms with Crippen LogP contribution in [0, 0.1) is 6.92 Å². The van der Waals surface area contributed by atoms with Gasteiger partial charge in [-0.2, -0.15) is 4.98 Å². The number of aryl methyl sites for hydroxylation is 1. The van der Waals surface area contributed by atoms with E-state index in [1.807, 2.05) is 49.1 Å². The second kappa shape index (κ2) is 11.4. The summed E-state index contributed by atoms with van der Waals surface area (Å²) in [5, 5.41) is 6.38. The molecule has 11 nitrogen and oxygen atoms in total. The van der Waals surface area contributed by atoms with Gasteiger partial charge in [0.1, 0.15) is 23.0 Å². The Hall–Kier alpha value is -4.67. The third kappa shape index (κ3) is 5.92. The normalized spacial score (nSPS) is 13.3. The molecule has 1 aromatic carbocycles. The summed E-state index contributed by atoms with van der Waals surface area (Å²) in [4.78, 5) is 34.0. The summed E-state index contributed by atoms with van der Waals surface area (Å²) in [5.41, 5.74) is 3.92. The van der Waals surface area contributed by atoms with Crippen LogP contribution >= 0.6 is 0 Å². The van der Waals surface area contributed by atoms with Crippen molar-refractivity contribution in [1.29, 1.82) is 0 Å². The molecule has 0 spiro atoms. The number of pyridine rings is 1. The first-order chi connectivity index (χ1) is 18.9. The van der Waals surface area contributed by atoms with Gasteiger partial charge < -0.3 is 29.6 Å². The molecule has 0 aliphatic carbocycles. The third-order valence-corrected chi connectivity index (χ3v) is 6.46. The van der Waals surface area contributed by atoms with Crippen molar-refractivity contribution in [2.45, 2.75) is 20.8 Å². The molecular formula is C28H32N8O3. The first kappa shape index (κ1) is 26.0. The van der Waals surface area contributed by atoms with Gasteiger partial charge in [0, 0.05) is 51.4 Å². The fraction of sp³-hybridized carbons (Fsp3) is 0.321. The number of piperazine rings is 1. The summed E-state index contributed by atoms with van der Waals surface area (Å²) in [7, 11) is 1.64. The lowest BCUT2D eigenvalue weighted by atomic mass is 10.1. The summed E-state index contributed by atoms with van der Waals surface area (Å²) in [6.07, 6.45) is 3.43. The van der Waals surface area contributed by atoms with Crippen LogP contribution in [0.25, 0.3) is 22.7 Å². The lowest BCUT2D eigenvalue weighted by Crippen LogP contribution is -2.48. The Morgan fingerprint density at radius 3 is 2.59 bits per heavy atom. The van der Waals surface area contributed by atoms with Crippen LogP contribution < -0.4 is 20.3 Å². The van der Waals surface area contributed by atoms with Crippen molar-refractivity contribution >= 4 is 29.4 Å². The zero-order chi connectivity index (χ0) is 27.4. The maximum absolute atomic E-state index is 11.6. The first-order valence-electron chi connectivity index (χ1n) is 12.9. The number of methoxy groups -OCH3 is 1. The average molecular weight is 529 g/mol. The van der Waals surface area contributed by atoms with Gasteiger partial charge in [-0.15, -0.1) is 0 Å². The number of amides is 1. The molecule has 4 aromatic rings. The summed E-state index contributed by atoms with van der Waals surface area (Å²) in [6, 6.07) is 12.0. The standard InChI is InChI=1S/C28H32N8O3/c1-5-29-28-34-25(20-14-18(2)15-22(16-20)38-4)26(39-28)23-8-9-30-27(33-23)32-21-6-7-24(31-17-21)36-12-10-35(11-13-36)19(3)37/h6-9,14-17H,5,10-13H2,1-4H3,(H,29,34)(H,30,32,33). The Labute approximate surface area is 227 Å². The van der Waals surface area contributed by atoms with Crippen molar-refractivity contribution in [3.05, 3.63) is 54.4 Å². The van der Waals surface area contributed by atoms with Gasteiger partial charge in [0.05, 0.1) is 19.0 Å². The van der Waals surface area contributed by atoms with Crippen LogP contribution in [0.1, 0.15) is 19.4 Å². The average Bonchev–Trinajstić information content (AvgIpc) is 3.38. The van der Waals surface area contributed by atoms with Gasteiger partial charge in [-0.05, 0) is 55.8 Å². The number of aromatic nitrogens is 4. The van der Waals surface area contributed by atoms with Gasteiger partial charge >= 0.3 is 0 Å². The number of hydrogen-bond acceptors (Lipinski definition) is 10. The predicted molar refractivity (Wildman–Crippen MR) is 150 cm³/mol. The molecule has 2 N–H and O–H groups in total. The van der Waals surface area contributed by atoms with E-state index in [4.69, 9.17) is 19.1 Å². The molecule has 1 aliphatic heterocycles. The molecule has 1 aliphatic rings. The highest BCUT2D eigenvalue weighted by Gasteiger charge is 2.21. The molecule has 1 fully saturated rings. The number of nitrogens with one attached hydrogen (secondary N) is 2. The molecule has 0 radical (unpaired) electrons. The molecule has 0 atom stereocenters. The van der Waals surface area contributed by atoms with E-state index in [-0.39, 0.29) is 5.91 Å². The highest BCUT2D eigenvalue weighted by atomic mass is 16.5. The summed E-state index contributed by atoms with van der Waals surface area (Å²) < 4.78 is 11.6. The number of ether oxygens (including phenoxy) is 1. The van der Waals surface area contributed by atoms with Crippen LogP contribution in [0.2, 0.25) is 0 Å². The van der Waals surface area contributed by atoms with Crippen molar-refractivity contribution in [3.63, 3.8) is 0 Å². The SMILES string of the molecule is CCNc1nc(-c2cc(C)cc(OC)c2)c(-c2ccnc(Nc3ccc(N4CCN(C(C)=O)CC4)nc3)n2)o1. The predicted octanol–water partition coefficient (Wildman–Crippen LogP) is 4.35. The van der Waals surface area contributed by atoms with Crippen LogP contribution in [0.5, 0.6) is 5.75 Å². The van der Waals surface area contributed by atoms with Crippen molar-refractivity contribution in [2.24, 2.45) is 0 Å². The zero-order valence-corrected chi connectivity index (χ0v) is 22.6. The molecule has 202 valence electrons. The van der Waals surface area contributed by atoms with E-state index in [1.54, 1.807) is 32.5 Å². The third-order valence-electron chi connectivity index (χ3n) is 6.46. The van der Waals surface area contributed by atoms with Crippen LogP contribution in [-0.2, 0) is 4.79 Å². The van der Waals surface area contributed by atoms with Gasteiger partial charge in [0.25, 0.3) is 6.01 Å². The largest absolute Gasteiger partial charge is 0.497 e. The highest BCUT2D eigenvalue weighted by molar-refractivity contribution is 5.78. The lowest BCUT2D eigenvalue weighted by Gasteiger charge is -2.34. The number of benzene rings is 1. The van der Waals surface area contributed by atoms with Crippen molar-refractivity contribution < 1.29 is 13.9 Å². The van der Waals surface area contributed by atoms with E-state index in [1.165, 1.54) is 0 Å². The van der Waals surface area contributed by atoms with Crippen molar-refractivity contribution in [3.8, 4) is 28.5 Å². The number of oxazole rings is 1. The molecule has 0 bridgehead atoms. The fourth-order valence-electron chi connectivity index (χ4n) is 4.49. The maximum atomic E-state index is 11.6. The second-order valence-electron chi connectivity index (χ2n) is 9.25. The molecule has 0 unspecified atom stereocenters. The Kier molecular flexibility index (Phi) is 7.57. The molecule has 11 heteroatoms. The molecular weight excluding hydrogens is 496 g/mol. The zero-order valence-electron chi connectivity index (χ0n) is 22.6. The van der Waals surface area contributed by atoms with Crippen molar-refractivity contribution in [2.75, 3.05) is 55.4 Å². The van der Waals surface area contributed by atoms with E-state index in [9.17, 15) is 4.79 Å². The summed E-state index contributed by atoms with van der Waals surface area (Å²) in [5.74, 6) is 2.66. The number of nitrogens with zero attached hydrogens (tertiary/aromatic N) is 6. The van der Waals surface area contributed by atoms with E-state index >= 15 is 0 Å². The van der Waals surface area contributed by atoms with Gasteiger partial charge in [0.2, 0.25) is 11.9 Å². The van der Waals surface area contributed by atoms with Gasteiger partial charge in [-0.3, -0.25) is 4.79 Å². The van der Waals surface area contributed by atoms with Crippen LogP contribution in [-0.4, -0.2) is 70.6 Å². The Morgan fingerprint density at radius 2 is 1.90 bits per heavy atom.